The van der Waals surface area contributed by atoms with Gasteiger partial charge in [0.15, 0.2) is 11.5 Å². The fourth-order valence-corrected chi connectivity index (χ4v) is 3.14. The molecule has 0 aliphatic rings. The first-order valence-electron chi connectivity index (χ1n) is 8.51. The Labute approximate surface area is 174 Å². The molecule has 0 spiro atoms. The maximum Gasteiger partial charge on any atom is 0.163 e. The molecule has 0 saturated carbocycles. The SMILES string of the molecule is COc1cc(CNCCNCCO)c(Cl)cc1OCc1c(Cl)cccc1Cl. The Bertz CT molecular complexity index is 724. The van der Waals surface area contributed by atoms with Crippen molar-refractivity contribution in [1.82, 2.24) is 10.6 Å². The smallest absolute Gasteiger partial charge is 0.163 e. The average Bonchev–Trinajstić information content (AvgIpc) is 2.65. The van der Waals surface area contributed by atoms with Crippen LogP contribution in [-0.4, -0.2) is 38.5 Å². The normalized spacial score (nSPS) is 10.9. The molecule has 2 aromatic carbocycles. The lowest BCUT2D eigenvalue weighted by Crippen LogP contribution is -2.28. The molecule has 0 aliphatic carbocycles. The van der Waals surface area contributed by atoms with E-state index in [0.29, 0.717) is 45.2 Å². The molecule has 27 heavy (non-hydrogen) atoms. The first kappa shape index (κ1) is 22.1. The second-order valence-corrected chi connectivity index (χ2v) is 6.96. The van der Waals surface area contributed by atoms with Crippen LogP contribution >= 0.6 is 34.8 Å². The second kappa shape index (κ2) is 11.6. The highest BCUT2D eigenvalue weighted by Gasteiger charge is 2.13. The van der Waals surface area contributed by atoms with E-state index in [1.54, 1.807) is 31.4 Å². The number of ether oxygens (including phenoxy) is 2. The van der Waals surface area contributed by atoms with Crippen LogP contribution in [0.2, 0.25) is 15.1 Å². The molecule has 0 saturated heterocycles. The molecule has 0 fully saturated rings. The van der Waals surface area contributed by atoms with E-state index >= 15 is 0 Å². The first-order valence-corrected chi connectivity index (χ1v) is 9.64. The van der Waals surface area contributed by atoms with Gasteiger partial charge in [0, 0.05) is 52.9 Å². The van der Waals surface area contributed by atoms with Gasteiger partial charge in [0.1, 0.15) is 6.61 Å². The molecule has 0 atom stereocenters. The van der Waals surface area contributed by atoms with Gasteiger partial charge in [0.05, 0.1) is 13.7 Å². The summed E-state index contributed by atoms with van der Waals surface area (Å²) in [6.07, 6.45) is 0. The van der Waals surface area contributed by atoms with Crippen LogP contribution in [0.1, 0.15) is 11.1 Å². The standard InChI is InChI=1S/C19H23Cl3N2O3/c1-26-18-9-13(11-24-6-5-23-7-8-25)17(22)10-19(18)27-12-14-15(20)3-2-4-16(14)21/h2-4,9-10,23-25H,5-8,11-12H2,1H3. The molecule has 0 amide bonds. The minimum absolute atomic E-state index is 0.129. The Morgan fingerprint density at radius 2 is 1.63 bits per heavy atom. The van der Waals surface area contributed by atoms with Crippen LogP contribution in [0.25, 0.3) is 0 Å². The molecular weight excluding hydrogens is 411 g/mol. The number of aliphatic hydroxyl groups is 1. The van der Waals surface area contributed by atoms with Crippen molar-refractivity contribution in [3.05, 3.63) is 56.5 Å². The van der Waals surface area contributed by atoms with Crippen molar-refractivity contribution in [3.63, 3.8) is 0 Å². The molecule has 0 radical (unpaired) electrons. The summed E-state index contributed by atoms with van der Waals surface area (Å²) < 4.78 is 11.3. The predicted octanol–water partition coefficient (Wildman–Crippen LogP) is 3.91. The van der Waals surface area contributed by atoms with Crippen LogP contribution < -0.4 is 20.1 Å². The third-order valence-electron chi connectivity index (χ3n) is 3.85. The van der Waals surface area contributed by atoms with Crippen molar-refractivity contribution < 1.29 is 14.6 Å². The molecule has 8 heteroatoms. The van der Waals surface area contributed by atoms with Crippen LogP contribution in [-0.2, 0) is 13.2 Å². The minimum Gasteiger partial charge on any atom is -0.493 e. The number of hydrogen-bond donors (Lipinski definition) is 3. The summed E-state index contributed by atoms with van der Waals surface area (Å²) in [7, 11) is 1.58. The average molecular weight is 434 g/mol. The molecule has 0 unspecified atom stereocenters. The fraction of sp³-hybridized carbons (Fsp3) is 0.368. The Kier molecular flexibility index (Phi) is 9.48. The van der Waals surface area contributed by atoms with Crippen molar-refractivity contribution in [2.75, 3.05) is 33.4 Å². The van der Waals surface area contributed by atoms with Gasteiger partial charge in [-0.25, -0.2) is 0 Å². The van der Waals surface area contributed by atoms with Gasteiger partial charge in [-0.05, 0) is 23.8 Å². The van der Waals surface area contributed by atoms with E-state index in [-0.39, 0.29) is 13.2 Å². The summed E-state index contributed by atoms with van der Waals surface area (Å²) in [5, 5.41) is 16.8. The lowest BCUT2D eigenvalue weighted by atomic mass is 10.2. The fourth-order valence-electron chi connectivity index (χ4n) is 2.41. The van der Waals surface area contributed by atoms with Gasteiger partial charge >= 0.3 is 0 Å². The van der Waals surface area contributed by atoms with Crippen molar-refractivity contribution in [2.24, 2.45) is 0 Å². The summed E-state index contributed by atoms with van der Waals surface area (Å²) in [5.41, 5.74) is 1.61. The molecule has 5 nitrogen and oxygen atoms in total. The van der Waals surface area contributed by atoms with Gasteiger partial charge in [-0.3, -0.25) is 0 Å². The van der Waals surface area contributed by atoms with Gasteiger partial charge in [-0.2, -0.15) is 0 Å². The van der Waals surface area contributed by atoms with Crippen molar-refractivity contribution in [2.45, 2.75) is 13.2 Å². The number of benzene rings is 2. The number of methoxy groups -OCH3 is 1. The molecule has 3 N–H and O–H groups in total. The molecule has 0 heterocycles. The molecular formula is C19H23Cl3N2O3. The minimum atomic E-state index is 0.129. The van der Waals surface area contributed by atoms with Crippen molar-refractivity contribution in [1.29, 1.82) is 0 Å². The molecule has 0 bridgehead atoms. The van der Waals surface area contributed by atoms with Gasteiger partial charge in [-0.15, -0.1) is 0 Å². The zero-order chi connectivity index (χ0) is 19.6. The van der Waals surface area contributed by atoms with Crippen molar-refractivity contribution in [3.8, 4) is 11.5 Å². The maximum absolute atomic E-state index is 8.73. The first-order chi connectivity index (χ1) is 13.1. The van der Waals surface area contributed by atoms with E-state index in [1.165, 1.54) is 0 Å². The Morgan fingerprint density at radius 1 is 0.926 bits per heavy atom. The van der Waals surface area contributed by atoms with Crippen LogP contribution in [0, 0.1) is 0 Å². The Hall–Kier alpha value is -1.21. The van der Waals surface area contributed by atoms with Crippen molar-refractivity contribution >= 4 is 34.8 Å². The van der Waals surface area contributed by atoms with Crippen LogP contribution in [0.15, 0.2) is 30.3 Å². The molecule has 0 aliphatic heterocycles. The topological polar surface area (TPSA) is 62.8 Å². The lowest BCUT2D eigenvalue weighted by molar-refractivity contribution is 0.284. The highest BCUT2D eigenvalue weighted by molar-refractivity contribution is 6.36. The third kappa shape index (κ3) is 6.71. The van der Waals surface area contributed by atoms with E-state index in [0.717, 1.165) is 18.7 Å². The molecule has 2 rings (SSSR count). The zero-order valence-corrected chi connectivity index (χ0v) is 17.3. The largest absolute Gasteiger partial charge is 0.493 e. The van der Waals surface area contributed by atoms with Gasteiger partial charge in [-0.1, -0.05) is 40.9 Å². The van der Waals surface area contributed by atoms with E-state index < -0.39 is 0 Å². The predicted molar refractivity (Wildman–Crippen MR) is 110 cm³/mol. The lowest BCUT2D eigenvalue weighted by Gasteiger charge is -2.15. The highest BCUT2D eigenvalue weighted by Crippen LogP contribution is 2.35. The summed E-state index contributed by atoms with van der Waals surface area (Å²) in [6.45, 7) is 3.02. The summed E-state index contributed by atoms with van der Waals surface area (Å²) in [5.74, 6) is 1.10. The number of hydrogen-bond acceptors (Lipinski definition) is 5. The quantitative estimate of drug-likeness (QED) is 0.469. The monoisotopic (exact) mass is 432 g/mol. The summed E-state index contributed by atoms with van der Waals surface area (Å²) in [6, 6.07) is 8.89. The molecule has 2 aromatic rings. The van der Waals surface area contributed by atoms with E-state index in [4.69, 9.17) is 49.4 Å². The molecule has 0 aromatic heterocycles. The third-order valence-corrected chi connectivity index (χ3v) is 4.91. The Morgan fingerprint density at radius 3 is 2.30 bits per heavy atom. The Balaban J connectivity index is 2.00. The number of nitrogens with one attached hydrogen (secondary N) is 2. The van der Waals surface area contributed by atoms with Gasteiger partial charge in [0.2, 0.25) is 0 Å². The zero-order valence-electron chi connectivity index (χ0n) is 15.0. The summed E-state index contributed by atoms with van der Waals surface area (Å²) in [4.78, 5) is 0. The number of aliphatic hydroxyl groups excluding tert-OH is 1. The second-order valence-electron chi connectivity index (χ2n) is 5.73. The van der Waals surface area contributed by atoms with Crippen LogP contribution in [0.5, 0.6) is 11.5 Å². The van der Waals surface area contributed by atoms with Crippen LogP contribution in [0.3, 0.4) is 0 Å². The maximum atomic E-state index is 8.73. The highest BCUT2D eigenvalue weighted by atomic mass is 35.5. The van der Waals surface area contributed by atoms with E-state index in [2.05, 4.69) is 10.6 Å². The van der Waals surface area contributed by atoms with E-state index in [9.17, 15) is 0 Å². The summed E-state index contributed by atoms with van der Waals surface area (Å²) >= 11 is 18.7. The molecule has 148 valence electrons. The van der Waals surface area contributed by atoms with Gasteiger partial charge in [0.25, 0.3) is 0 Å². The van der Waals surface area contributed by atoms with Crippen LogP contribution in [0.4, 0.5) is 0 Å². The number of rotatable bonds is 11. The van der Waals surface area contributed by atoms with Gasteiger partial charge < -0.3 is 25.2 Å². The van der Waals surface area contributed by atoms with E-state index in [1.807, 2.05) is 6.07 Å². The number of halogens is 3.